The predicted octanol–water partition coefficient (Wildman–Crippen LogP) is 5.50. The summed E-state index contributed by atoms with van der Waals surface area (Å²) in [6, 6.07) is 18.4. The number of hydrogen-bond donors (Lipinski definition) is 0. The van der Waals surface area contributed by atoms with Crippen LogP contribution in [0.2, 0.25) is 5.02 Å². The molecule has 0 unspecified atom stereocenters. The molecule has 0 aliphatic heterocycles. The van der Waals surface area contributed by atoms with Crippen LogP contribution >= 0.6 is 11.6 Å². The lowest BCUT2D eigenvalue weighted by atomic mass is 10.1. The molecule has 0 aliphatic rings. The first-order valence-corrected chi connectivity index (χ1v) is 8.20. The number of pyridine rings is 1. The largest absolute Gasteiger partial charge is 0.449 e. The van der Waals surface area contributed by atoms with Crippen LogP contribution in [-0.2, 0) is 0 Å². The number of ether oxygens (including phenoxy) is 1. The number of halogens is 1. The monoisotopic (exact) mass is 377 g/mol. The van der Waals surface area contributed by atoms with E-state index in [1.807, 2.05) is 0 Å². The highest BCUT2D eigenvalue weighted by Gasteiger charge is 2.17. The molecule has 3 rings (SSSR count). The molecule has 1 aromatic heterocycles. The van der Waals surface area contributed by atoms with E-state index in [4.69, 9.17) is 16.3 Å². The third kappa shape index (κ3) is 4.29. The maximum atomic E-state index is 11.5. The van der Waals surface area contributed by atoms with Gasteiger partial charge in [0.2, 0.25) is 5.75 Å². The standard InChI is InChI=1S/C20H12ClN3O3/c21-16-5-1-2-7-19(16)27-20-9-8-14(12-18(20)24(25)26)11-15(13-22)17-6-3-4-10-23-17/h1-12H/b15-11-. The molecule has 0 atom stereocenters. The molecule has 0 saturated heterocycles. The molecule has 1 heterocycles. The number of nitro groups is 1. The molecule has 27 heavy (non-hydrogen) atoms. The van der Waals surface area contributed by atoms with Crippen LogP contribution in [0.3, 0.4) is 0 Å². The van der Waals surface area contributed by atoms with Gasteiger partial charge in [0.25, 0.3) is 0 Å². The van der Waals surface area contributed by atoms with Crippen LogP contribution in [-0.4, -0.2) is 9.91 Å². The minimum atomic E-state index is -0.545. The Kier molecular flexibility index (Phi) is 5.45. The number of hydrogen-bond acceptors (Lipinski definition) is 5. The van der Waals surface area contributed by atoms with Crippen LogP contribution in [0.4, 0.5) is 5.69 Å². The molecule has 0 N–H and O–H groups in total. The van der Waals surface area contributed by atoms with Crippen molar-refractivity contribution in [2.75, 3.05) is 0 Å². The van der Waals surface area contributed by atoms with E-state index in [2.05, 4.69) is 11.1 Å². The van der Waals surface area contributed by atoms with E-state index in [1.165, 1.54) is 18.2 Å². The summed E-state index contributed by atoms with van der Waals surface area (Å²) >= 11 is 6.05. The summed E-state index contributed by atoms with van der Waals surface area (Å²) in [5, 5.41) is 21.2. The zero-order chi connectivity index (χ0) is 19.2. The highest BCUT2D eigenvalue weighted by Crippen LogP contribution is 2.35. The molecule has 2 aromatic carbocycles. The Morgan fingerprint density at radius 2 is 1.93 bits per heavy atom. The van der Waals surface area contributed by atoms with Crippen molar-refractivity contribution < 1.29 is 9.66 Å². The number of aromatic nitrogens is 1. The van der Waals surface area contributed by atoms with Crippen molar-refractivity contribution >= 4 is 28.9 Å². The Morgan fingerprint density at radius 3 is 2.59 bits per heavy atom. The average Bonchev–Trinajstić information content (AvgIpc) is 2.69. The van der Waals surface area contributed by atoms with E-state index in [0.717, 1.165) is 0 Å². The third-order valence-corrected chi connectivity index (χ3v) is 3.92. The van der Waals surface area contributed by atoms with Gasteiger partial charge in [-0.25, -0.2) is 0 Å². The van der Waals surface area contributed by atoms with Gasteiger partial charge in [0, 0.05) is 12.3 Å². The van der Waals surface area contributed by atoms with Crippen molar-refractivity contribution in [2.24, 2.45) is 0 Å². The second kappa shape index (κ2) is 8.13. The van der Waals surface area contributed by atoms with Crippen LogP contribution in [0.15, 0.2) is 66.9 Å². The van der Waals surface area contributed by atoms with Crippen molar-refractivity contribution in [3.8, 4) is 17.6 Å². The highest BCUT2D eigenvalue weighted by molar-refractivity contribution is 6.32. The van der Waals surface area contributed by atoms with E-state index in [1.54, 1.807) is 54.7 Å². The molecule has 0 spiro atoms. The summed E-state index contributed by atoms with van der Waals surface area (Å²) < 4.78 is 5.60. The van der Waals surface area contributed by atoms with Crippen molar-refractivity contribution in [3.05, 3.63) is 93.3 Å². The van der Waals surface area contributed by atoms with E-state index >= 15 is 0 Å². The van der Waals surface area contributed by atoms with Crippen molar-refractivity contribution in [1.29, 1.82) is 5.26 Å². The quantitative estimate of drug-likeness (QED) is 0.332. The molecule has 132 valence electrons. The lowest BCUT2D eigenvalue weighted by Crippen LogP contribution is -1.95. The molecule has 0 saturated carbocycles. The predicted molar refractivity (Wildman–Crippen MR) is 102 cm³/mol. The number of rotatable bonds is 5. The Morgan fingerprint density at radius 1 is 1.15 bits per heavy atom. The van der Waals surface area contributed by atoms with Gasteiger partial charge in [-0.05, 0) is 42.0 Å². The van der Waals surface area contributed by atoms with Gasteiger partial charge in [-0.1, -0.05) is 35.9 Å². The van der Waals surface area contributed by atoms with Gasteiger partial charge in [0.05, 0.1) is 21.2 Å². The zero-order valence-electron chi connectivity index (χ0n) is 13.9. The number of nitriles is 1. The minimum absolute atomic E-state index is 0.0570. The molecular weight excluding hydrogens is 366 g/mol. The maximum absolute atomic E-state index is 11.5. The summed E-state index contributed by atoms with van der Waals surface area (Å²) in [6.07, 6.45) is 3.11. The van der Waals surface area contributed by atoms with Gasteiger partial charge >= 0.3 is 5.69 Å². The van der Waals surface area contributed by atoms with E-state index < -0.39 is 4.92 Å². The Bertz CT molecular complexity index is 1060. The second-order valence-electron chi connectivity index (χ2n) is 5.40. The zero-order valence-corrected chi connectivity index (χ0v) is 14.6. The molecule has 0 aliphatic carbocycles. The number of benzene rings is 2. The lowest BCUT2D eigenvalue weighted by molar-refractivity contribution is -0.385. The number of allylic oxidation sites excluding steroid dienone is 1. The Hall–Kier alpha value is -3.69. The number of nitrogens with zero attached hydrogens (tertiary/aromatic N) is 3. The molecule has 0 fully saturated rings. The van der Waals surface area contributed by atoms with Gasteiger partial charge in [-0.2, -0.15) is 5.26 Å². The second-order valence-corrected chi connectivity index (χ2v) is 5.81. The fourth-order valence-corrected chi connectivity index (χ4v) is 2.53. The first-order valence-electron chi connectivity index (χ1n) is 7.82. The van der Waals surface area contributed by atoms with Crippen molar-refractivity contribution in [2.45, 2.75) is 0 Å². The van der Waals surface area contributed by atoms with Gasteiger partial charge < -0.3 is 4.74 Å². The molecule has 0 radical (unpaired) electrons. The minimum Gasteiger partial charge on any atom is -0.449 e. The summed E-state index contributed by atoms with van der Waals surface area (Å²) in [5.74, 6) is 0.373. The summed E-state index contributed by atoms with van der Waals surface area (Å²) in [4.78, 5) is 15.0. The van der Waals surface area contributed by atoms with Crippen LogP contribution < -0.4 is 4.74 Å². The molecule has 7 heteroatoms. The fourth-order valence-electron chi connectivity index (χ4n) is 2.35. The van der Waals surface area contributed by atoms with Crippen LogP contribution in [0.5, 0.6) is 11.5 Å². The molecular formula is C20H12ClN3O3. The normalized spacial score (nSPS) is 10.9. The molecule has 0 bridgehead atoms. The number of nitro benzene ring substituents is 1. The fraction of sp³-hybridized carbons (Fsp3) is 0. The first kappa shape index (κ1) is 18.1. The van der Waals surface area contributed by atoms with Crippen molar-refractivity contribution in [3.63, 3.8) is 0 Å². The van der Waals surface area contributed by atoms with Crippen molar-refractivity contribution in [1.82, 2.24) is 4.98 Å². The van der Waals surface area contributed by atoms with Crippen LogP contribution in [0.1, 0.15) is 11.3 Å². The smallest absolute Gasteiger partial charge is 0.312 e. The topological polar surface area (TPSA) is 89.0 Å². The highest BCUT2D eigenvalue weighted by atomic mass is 35.5. The van der Waals surface area contributed by atoms with Gasteiger partial charge in [0.15, 0.2) is 0 Å². The van der Waals surface area contributed by atoms with Crippen LogP contribution in [0.25, 0.3) is 11.6 Å². The van der Waals surface area contributed by atoms with E-state index in [0.29, 0.717) is 27.6 Å². The van der Waals surface area contributed by atoms with Gasteiger partial charge in [0.1, 0.15) is 11.8 Å². The molecule has 3 aromatic rings. The van der Waals surface area contributed by atoms with Gasteiger partial charge in [-0.15, -0.1) is 0 Å². The number of para-hydroxylation sites is 1. The third-order valence-electron chi connectivity index (χ3n) is 3.61. The first-order chi connectivity index (χ1) is 13.1. The summed E-state index contributed by atoms with van der Waals surface area (Å²) in [6.45, 7) is 0. The SMILES string of the molecule is N#C/C(=C/c1ccc(Oc2ccccc2Cl)c([N+](=O)[O-])c1)c1ccccn1. The average molecular weight is 378 g/mol. The lowest BCUT2D eigenvalue weighted by Gasteiger charge is -2.08. The van der Waals surface area contributed by atoms with Crippen LogP contribution in [0, 0.1) is 21.4 Å². The maximum Gasteiger partial charge on any atom is 0.312 e. The van der Waals surface area contributed by atoms with Gasteiger partial charge in [-0.3, -0.25) is 15.1 Å². The van der Waals surface area contributed by atoms with E-state index in [-0.39, 0.29) is 11.4 Å². The summed E-state index contributed by atoms with van der Waals surface area (Å²) in [7, 11) is 0. The Labute approximate surface area is 160 Å². The van der Waals surface area contributed by atoms with E-state index in [9.17, 15) is 15.4 Å². The molecule has 0 amide bonds. The molecule has 6 nitrogen and oxygen atoms in total. The summed E-state index contributed by atoms with van der Waals surface area (Å²) in [5.41, 5.74) is 1.03. The Balaban J connectivity index is 1.99.